The second kappa shape index (κ2) is 8.10. The van der Waals surface area contributed by atoms with Gasteiger partial charge in [-0.15, -0.1) is 0 Å². The van der Waals surface area contributed by atoms with Crippen molar-refractivity contribution in [3.05, 3.63) is 23.3 Å². The normalized spacial score (nSPS) is 16.8. The fourth-order valence-corrected chi connectivity index (χ4v) is 2.17. The lowest BCUT2D eigenvalue weighted by Crippen LogP contribution is -2.00. The van der Waals surface area contributed by atoms with E-state index in [0.717, 1.165) is 18.4 Å². The third kappa shape index (κ3) is 6.30. The van der Waals surface area contributed by atoms with Gasteiger partial charge in [-0.1, -0.05) is 23.6 Å². The van der Waals surface area contributed by atoms with Crippen LogP contribution in [0.15, 0.2) is 23.3 Å². The average molecular weight is 236 g/mol. The van der Waals surface area contributed by atoms with Gasteiger partial charge in [0.2, 0.25) is 0 Å². The minimum absolute atomic E-state index is 0.213. The number of hydrogen-bond donors (Lipinski definition) is 0. The molecular weight excluding hydrogens is 212 g/mol. The van der Waals surface area contributed by atoms with Gasteiger partial charge in [0.1, 0.15) is 0 Å². The second-order valence-electron chi connectivity index (χ2n) is 4.70. The summed E-state index contributed by atoms with van der Waals surface area (Å²) < 4.78 is 4.88. The van der Waals surface area contributed by atoms with Gasteiger partial charge in [-0.3, -0.25) is 0 Å². The highest BCUT2D eigenvalue weighted by molar-refractivity contribution is 5.82. The monoisotopic (exact) mass is 236 g/mol. The third-order valence-electron chi connectivity index (χ3n) is 3.12. The van der Waals surface area contributed by atoms with E-state index in [2.05, 4.69) is 6.08 Å². The van der Waals surface area contributed by atoms with Crippen LogP contribution in [0, 0.1) is 0 Å². The van der Waals surface area contributed by atoms with Gasteiger partial charge in [0, 0.05) is 6.08 Å². The van der Waals surface area contributed by atoms with Crippen molar-refractivity contribution in [1.82, 2.24) is 0 Å². The molecule has 0 aliphatic heterocycles. The predicted octanol–water partition coefficient (Wildman–Crippen LogP) is 4.17. The number of allylic oxidation sites excluding steroid dienone is 3. The molecule has 2 heteroatoms. The fourth-order valence-electron chi connectivity index (χ4n) is 2.17. The van der Waals surface area contributed by atoms with Gasteiger partial charge in [-0.05, 0) is 52.4 Å². The first-order valence-corrected chi connectivity index (χ1v) is 6.74. The summed E-state index contributed by atoms with van der Waals surface area (Å²) in [4.78, 5) is 11.2. The van der Waals surface area contributed by atoms with E-state index in [1.165, 1.54) is 32.1 Å². The molecule has 17 heavy (non-hydrogen) atoms. The van der Waals surface area contributed by atoms with Crippen molar-refractivity contribution < 1.29 is 9.53 Å². The van der Waals surface area contributed by atoms with Crippen molar-refractivity contribution in [3.8, 4) is 0 Å². The molecule has 0 amide bonds. The summed E-state index contributed by atoms with van der Waals surface area (Å²) >= 11 is 0. The molecular formula is C15H24O2. The Morgan fingerprint density at radius 2 is 2.00 bits per heavy atom. The number of esters is 1. The maximum Gasteiger partial charge on any atom is 0.330 e. The molecule has 0 radical (unpaired) electrons. The first kappa shape index (κ1) is 14.0. The third-order valence-corrected chi connectivity index (χ3v) is 3.12. The molecule has 0 aromatic heterocycles. The van der Waals surface area contributed by atoms with Crippen molar-refractivity contribution >= 4 is 5.97 Å². The summed E-state index contributed by atoms with van der Waals surface area (Å²) in [5.74, 6) is -0.213. The first-order chi connectivity index (χ1) is 8.22. The standard InChI is InChI=1S/C15H24O2/c1-3-17-15(16)12-13(2)8-7-11-14-9-5-4-6-10-14/h11-12H,3-10H2,1-2H3. The van der Waals surface area contributed by atoms with Crippen molar-refractivity contribution in [3.63, 3.8) is 0 Å². The molecule has 1 saturated carbocycles. The van der Waals surface area contributed by atoms with Crippen molar-refractivity contribution in [1.29, 1.82) is 0 Å². The van der Waals surface area contributed by atoms with E-state index in [1.807, 2.05) is 13.8 Å². The summed E-state index contributed by atoms with van der Waals surface area (Å²) in [6.07, 6.45) is 12.6. The Morgan fingerprint density at radius 1 is 1.29 bits per heavy atom. The maximum atomic E-state index is 11.2. The van der Waals surface area contributed by atoms with Crippen LogP contribution in [0.4, 0.5) is 0 Å². The number of carbonyl (C=O) groups excluding carboxylic acids is 1. The zero-order chi connectivity index (χ0) is 12.5. The minimum Gasteiger partial charge on any atom is -0.463 e. The van der Waals surface area contributed by atoms with Crippen LogP contribution in [-0.2, 0) is 9.53 Å². The molecule has 96 valence electrons. The van der Waals surface area contributed by atoms with E-state index >= 15 is 0 Å². The van der Waals surface area contributed by atoms with Gasteiger partial charge in [0.05, 0.1) is 6.61 Å². The van der Waals surface area contributed by atoms with Gasteiger partial charge >= 0.3 is 5.97 Å². The van der Waals surface area contributed by atoms with E-state index in [0.29, 0.717) is 6.61 Å². The van der Waals surface area contributed by atoms with E-state index in [4.69, 9.17) is 4.74 Å². The van der Waals surface area contributed by atoms with Crippen molar-refractivity contribution in [2.75, 3.05) is 6.61 Å². The number of ether oxygens (including phenoxy) is 1. The van der Waals surface area contributed by atoms with E-state index in [9.17, 15) is 4.79 Å². The Bertz CT molecular complexity index is 292. The van der Waals surface area contributed by atoms with Crippen LogP contribution in [0.2, 0.25) is 0 Å². The highest BCUT2D eigenvalue weighted by Gasteiger charge is 2.04. The molecule has 0 heterocycles. The summed E-state index contributed by atoms with van der Waals surface area (Å²) in [6, 6.07) is 0. The molecule has 0 atom stereocenters. The quantitative estimate of drug-likeness (QED) is 0.407. The second-order valence-corrected chi connectivity index (χ2v) is 4.70. The lowest BCUT2D eigenvalue weighted by molar-refractivity contribution is -0.137. The Balaban J connectivity index is 2.27. The molecule has 0 bridgehead atoms. The topological polar surface area (TPSA) is 26.3 Å². The maximum absolute atomic E-state index is 11.2. The van der Waals surface area contributed by atoms with Crippen LogP contribution in [0.25, 0.3) is 0 Å². The molecule has 0 aromatic rings. The van der Waals surface area contributed by atoms with Gasteiger partial charge in [0.25, 0.3) is 0 Å². The summed E-state index contributed by atoms with van der Waals surface area (Å²) in [5.41, 5.74) is 2.72. The van der Waals surface area contributed by atoms with Crippen LogP contribution >= 0.6 is 0 Å². The minimum atomic E-state index is -0.213. The highest BCUT2D eigenvalue weighted by Crippen LogP contribution is 2.23. The van der Waals surface area contributed by atoms with Crippen LogP contribution in [-0.4, -0.2) is 12.6 Å². The van der Waals surface area contributed by atoms with Gasteiger partial charge in [0.15, 0.2) is 0 Å². The highest BCUT2D eigenvalue weighted by atomic mass is 16.5. The van der Waals surface area contributed by atoms with Crippen LogP contribution in [0.5, 0.6) is 0 Å². The smallest absolute Gasteiger partial charge is 0.330 e. The van der Waals surface area contributed by atoms with Crippen LogP contribution in [0.1, 0.15) is 58.8 Å². The fraction of sp³-hybridized carbons (Fsp3) is 0.667. The van der Waals surface area contributed by atoms with Gasteiger partial charge in [-0.25, -0.2) is 4.79 Å². The summed E-state index contributed by atoms with van der Waals surface area (Å²) in [5, 5.41) is 0. The Kier molecular flexibility index (Phi) is 6.68. The molecule has 0 saturated heterocycles. The lowest BCUT2D eigenvalue weighted by atomic mass is 9.93. The number of rotatable bonds is 5. The van der Waals surface area contributed by atoms with Gasteiger partial charge in [-0.2, -0.15) is 0 Å². The number of hydrogen-bond acceptors (Lipinski definition) is 2. The molecule has 1 aliphatic carbocycles. The molecule has 1 fully saturated rings. The molecule has 2 nitrogen and oxygen atoms in total. The SMILES string of the molecule is CCOC(=O)C=C(C)CCC=C1CCCCC1. The molecule has 0 unspecified atom stereocenters. The average Bonchev–Trinajstić information content (AvgIpc) is 2.30. The summed E-state index contributed by atoms with van der Waals surface area (Å²) in [7, 11) is 0. The van der Waals surface area contributed by atoms with Crippen molar-refractivity contribution in [2.24, 2.45) is 0 Å². The predicted molar refractivity (Wildman–Crippen MR) is 70.8 cm³/mol. The zero-order valence-corrected chi connectivity index (χ0v) is 11.1. The van der Waals surface area contributed by atoms with Gasteiger partial charge < -0.3 is 4.74 Å². The van der Waals surface area contributed by atoms with E-state index in [1.54, 1.807) is 11.6 Å². The summed E-state index contributed by atoms with van der Waals surface area (Å²) in [6.45, 7) is 4.28. The molecule has 1 rings (SSSR count). The van der Waals surface area contributed by atoms with Crippen LogP contribution in [0.3, 0.4) is 0 Å². The van der Waals surface area contributed by atoms with Crippen molar-refractivity contribution in [2.45, 2.75) is 58.8 Å². The Labute approximate surface area is 105 Å². The lowest BCUT2D eigenvalue weighted by Gasteiger charge is -2.13. The Hall–Kier alpha value is -1.05. The molecule has 0 aromatic carbocycles. The molecule has 1 aliphatic rings. The van der Waals surface area contributed by atoms with E-state index < -0.39 is 0 Å². The largest absolute Gasteiger partial charge is 0.463 e. The zero-order valence-electron chi connectivity index (χ0n) is 11.1. The Morgan fingerprint density at radius 3 is 2.65 bits per heavy atom. The first-order valence-electron chi connectivity index (χ1n) is 6.74. The van der Waals surface area contributed by atoms with Crippen LogP contribution < -0.4 is 0 Å². The molecule has 0 N–H and O–H groups in total. The molecule has 0 spiro atoms. The number of carbonyl (C=O) groups is 1. The van der Waals surface area contributed by atoms with E-state index in [-0.39, 0.29) is 5.97 Å².